The van der Waals surface area contributed by atoms with E-state index < -0.39 is 0 Å². The maximum absolute atomic E-state index is 10.2. The number of carbonyl (C=O) groups is 2. The summed E-state index contributed by atoms with van der Waals surface area (Å²) in [6, 6.07) is 0. The van der Waals surface area contributed by atoms with Crippen molar-refractivity contribution in [3.63, 3.8) is 0 Å². The van der Waals surface area contributed by atoms with Gasteiger partial charge in [0, 0.05) is 12.5 Å². The molecule has 0 aliphatic heterocycles. The van der Waals surface area contributed by atoms with E-state index in [1.807, 2.05) is 0 Å². The van der Waals surface area contributed by atoms with Crippen molar-refractivity contribution in [2.24, 2.45) is 0 Å². The molecule has 0 saturated carbocycles. The first-order valence-electron chi connectivity index (χ1n) is 4.82. The van der Waals surface area contributed by atoms with Gasteiger partial charge in [-0.25, -0.2) is 4.79 Å². The lowest BCUT2D eigenvalue weighted by atomic mass is 10.4. The summed E-state index contributed by atoms with van der Waals surface area (Å²) in [4.78, 5) is 20.3. The van der Waals surface area contributed by atoms with E-state index in [1.54, 1.807) is 6.92 Å². The Balaban J connectivity index is 0. The van der Waals surface area contributed by atoms with Gasteiger partial charge in [0.2, 0.25) is 0 Å². The van der Waals surface area contributed by atoms with Crippen LogP contribution in [-0.4, -0.2) is 25.7 Å². The Bertz CT molecular complexity index is 209. The molecule has 0 aromatic heterocycles. The van der Waals surface area contributed by atoms with E-state index >= 15 is 0 Å². The third-order valence-electron chi connectivity index (χ3n) is 1.34. The van der Waals surface area contributed by atoms with Crippen LogP contribution in [0.5, 0.6) is 0 Å². The van der Waals surface area contributed by atoms with Gasteiger partial charge in [-0.15, -0.1) is 0 Å². The quantitative estimate of drug-likeness (QED) is 0.410. The molecular weight excluding hydrogens is 196 g/mol. The average Bonchev–Trinajstić information content (AvgIpc) is 2.17. The molecule has 0 aromatic rings. The van der Waals surface area contributed by atoms with Crippen LogP contribution in [0.15, 0.2) is 12.2 Å². The third kappa shape index (κ3) is 15.4. The first-order chi connectivity index (χ1) is 6.95. The van der Waals surface area contributed by atoms with Crippen molar-refractivity contribution in [2.75, 3.05) is 13.7 Å². The minimum atomic E-state index is -0.347. The van der Waals surface area contributed by atoms with Gasteiger partial charge in [0.15, 0.2) is 0 Å². The summed E-state index contributed by atoms with van der Waals surface area (Å²) < 4.78 is 8.92. The van der Waals surface area contributed by atoms with E-state index in [-0.39, 0.29) is 11.9 Å². The van der Waals surface area contributed by atoms with Crippen LogP contribution >= 0.6 is 0 Å². The van der Waals surface area contributed by atoms with Crippen molar-refractivity contribution in [3.8, 4) is 0 Å². The van der Waals surface area contributed by atoms with Crippen LogP contribution in [0.2, 0.25) is 0 Å². The number of unbranched alkanes of at least 4 members (excludes halogenated alkanes) is 1. The number of hydrogen-bond donors (Lipinski definition) is 0. The van der Waals surface area contributed by atoms with Crippen molar-refractivity contribution in [1.82, 2.24) is 0 Å². The second kappa shape index (κ2) is 10.8. The highest BCUT2D eigenvalue weighted by atomic mass is 16.5. The fraction of sp³-hybridized carbons (Fsp3) is 0.636. The molecule has 0 saturated heterocycles. The van der Waals surface area contributed by atoms with Crippen LogP contribution in [0.25, 0.3) is 0 Å². The highest BCUT2D eigenvalue weighted by Gasteiger charge is 1.95. The minimum absolute atomic E-state index is 0.182. The molecule has 0 atom stereocenters. The van der Waals surface area contributed by atoms with Gasteiger partial charge < -0.3 is 9.47 Å². The van der Waals surface area contributed by atoms with Crippen LogP contribution in [-0.2, 0) is 19.1 Å². The summed E-state index contributed by atoms with van der Waals surface area (Å²) in [5.41, 5.74) is 0.433. The van der Waals surface area contributed by atoms with Gasteiger partial charge >= 0.3 is 11.9 Å². The first-order valence-corrected chi connectivity index (χ1v) is 4.82. The largest absolute Gasteiger partial charge is 0.466 e. The lowest BCUT2D eigenvalue weighted by molar-refractivity contribution is -0.141. The van der Waals surface area contributed by atoms with Gasteiger partial charge in [0.1, 0.15) is 0 Å². The molecule has 0 rings (SSSR count). The molecule has 0 amide bonds. The van der Waals surface area contributed by atoms with Crippen molar-refractivity contribution in [2.45, 2.75) is 33.6 Å². The standard InChI is InChI=1S/C6H12O2.C5H8O2/c1-3-4-5-8-6(2)7;1-4(2)5(6)7-3/h3-5H2,1-2H3;1H2,2-3H3. The second-order valence-electron chi connectivity index (χ2n) is 2.97. The molecular formula is C11H20O4. The molecule has 4 heteroatoms. The molecule has 0 radical (unpaired) electrons. The fourth-order valence-electron chi connectivity index (χ4n) is 0.534. The number of carbonyl (C=O) groups excluding carboxylic acids is 2. The normalized spacial score (nSPS) is 8.27. The summed E-state index contributed by atoms with van der Waals surface area (Å²) in [6.07, 6.45) is 2.05. The molecule has 0 aliphatic carbocycles. The number of ether oxygens (including phenoxy) is 2. The summed E-state index contributed by atoms with van der Waals surface area (Å²) in [7, 11) is 1.33. The number of methoxy groups -OCH3 is 1. The van der Waals surface area contributed by atoms with Gasteiger partial charge in [-0.2, -0.15) is 0 Å². The topological polar surface area (TPSA) is 52.6 Å². The van der Waals surface area contributed by atoms with Crippen molar-refractivity contribution in [3.05, 3.63) is 12.2 Å². The van der Waals surface area contributed by atoms with E-state index in [4.69, 9.17) is 0 Å². The van der Waals surface area contributed by atoms with Gasteiger partial charge in [-0.3, -0.25) is 4.79 Å². The molecule has 15 heavy (non-hydrogen) atoms. The van der Waals surface area contributed by atoms with E-state index in [2.05, 4.69) is 23.0 Å². The van der Waals surface area contributed by atoms with E-state index in [1.165, 1.54) is 14.0 Å². The first kappa shape index (κ1) is 16.1. The Morgan fingerprint density at radius 1 is 1.27 bits per heavy atom. The SMILES string of the molecule is C=C(C)C(=O)OC.CCCCOC(C)=O. The zero-order valence-electron chi connectivity index (χ0n) is 9.96. The fourth-order valence-corrected chi connectivity index (χ4v) is 0.534. The zero-order valence-corrected chi connectivity index (χ0v) is 9.96. The molecule has 0 unspecified atom stereocenters. The van der Waals surface area contributed by atoms with Crippen LogP contribution in [0.4, 0.5) is 0 Å². The molecule has 0 fully saturated rings. The van der Waals surface area contributed by atoms with Crippen molar-refractivity contribution in [1.29, 1.82) is 0 Å². The molecule has 0 heterocycles. The molecule has 0 aromatic carbocycles. The summed E-state index contributed by atoms with van der Waals surface area (Å²) in [5.74, 6) is -0.529. The van der Waals surface area contributed by atoms with Gasteiger partial charge in [-0.05, 0) is 13.3 Å². The van der Waals surface area contributed by atoms with Crippen molar-refractivity contribution < 1.29 is 19.1 Å². The Morgan fingerprint density at radius 3 is 2.00 bits per heavy atom. The number of hydrogen-bond acceptors (Lipinski definition) is 4. The molecule has 0 bridgehead atoms. The molecule has 0 spiro atoms. The molecule has 4 nitrogen and oxygen atoms in total. The predicted octanol–water partition coefficient (Wildman–Crippen LogP) is 2.09. The van der Waals surface area contributed by atoms with Gasteiger partial charge in [0.05, 0.1) is 13.7 Å². The monoisotopic (exact) mass is 216 g/mol. The van der Waals surface area contributed by atoms with Crippen LogP contribution in [0, 0.1) is 0 Å². The van der Waals surface area contributed by atoms with E-state index in [0.717, 1.165) is 12.8 Å². The van der Waals surface area contributed by atoms with Gasteiger partial charge in [-0.1, -0.05) is 19.9 Å². The minimum Gasteiger partial charge on any atom is -0.466 e. The maximum Gasteiger partial charge on any atom is 0.332 e. The summed E-state index contributed by atoms with van der Waals surface area (Å²) in [6.45, 7) is 9.01. The summed E-state index contributed by atoms with van der Waals surface area (Å²) >= 11 is 0. The maximum atomic E-state index is 10.2. The van der Waals surface area contributed by atoms with E-state index in [9.17, 15) is 9.59 Å². The zero-order chi connectivity index (χ0) is 12.3. The summed E-state index contributed by atoms with van der Waals surface area (Å²) in [5, 5.41) is 0. The third-order valence-corrected chi connectivity index (χ3v) is 1.34. The Morgan fingerprint density at radius 2 is 1.80 bits per heavy atom. The molecule has 88 valence electrons. The number of rotatable bonds is 4. The number of esters is 2. The van der Waals surface area contributed by atoms with Crippen LogP contribution in [0.1, 0.15) is 33.6 Å². The van der Waals surface area contributed by atoms with Crippen LogP contribution < -0.4 is 0 Å². The molecule has 0 N–H and O–H groups in total. The second-order valence-corrected chi connectivity index (χ2v) is 2.97. The smallest absolute Gasteiger partial charge is 0.332 e. The lowest BCUT2D eigenvalue weighted by Crippen LogP contribution is -1.99. The Hall–Kier alpha value is -1.32. The van der Waals surface area contributed by atoms with E-state index in [0.29, 0.717) is 12.2 Å². The Kier molecular flexibility index (Phi) is 11.6. The highest BCUT2D eigenvalue weighted by Crippen LogP contribution is 1.87. The average molecular weight is 216 g/mol. The van der Waals surface area contributed by atoms with Gasteiger partial charge in [0.25, 0.3) is 0 Å². The lowest BCUT2D eigenvalue weighted by Gasteiger charge is -1.96. The Labute approximate surface area is 91.3 Å². The highest BCUT2D eigenvalue weighted by molar-refractivity contribution is 5.86. The van der Waals surface area contributed by atoms with Crippen LogP contribution in [0.3, 0.4) is 0 Å². The molecule has 0 aliphatic rings. The van der Waals surface area contributed by atoms with Crippen molar-refractivity contribution >= 4 is 11.9 Å². The predicted molar refractivity (Wildman–Crippen MR) is 58.4 cm³/mol.